The molecule has 1 saturated carbocycles. The van der Waals surface area contributed by atoms with E-state index >= 15 is 0 Å². The van der Waals surface area contributed by atoms with Crippen molar-refractivity contribution in [3.63, 3.8) is 0 Å². The lowest BCUT2D eigenvalue weighted by Crippen LogP contribution is -2.54. The molecule has 0 aromatic rings. The molecular formula is C16H32N2O3. The molecule has 0 amide bonds. The first-order chi connectivity index (χ1) is 9.99. The monoisotopic (exact) mass is 300 g/mol. The van der Waals surface area contributed by atoms with Crippen LogP contribution in [0.25, 0.3) is 0 Å². The molecular weight excluding hydrogens is 268 g/mol. The predicted octanol–water partition coefficient (Wildman–Crippen LogP) is 1.81. The molecule has 1 N–H and O–H groups in total. The van der Waals surface area contributed by atoms with Gasteiger partial charge in [-0.25, -0.2) is 0 Å². The second-order valence-corrected chi connectivity index (χ2v) is 6.09. The molecule has 0 heterocycles. The minimum Gasteiger partial charge on any atom is -0.468 e. The summed E-state index contributed by atoms with van der Waals surface area (Å²) in [6.07, 6.45) is 2.68. The van der Waals surface area contributed by atoms with Gasteiger partial charge in [0.2, 0.25) is 0 Å². The highest BCUT2D eigenvalue weighted by molar-refractivity contribution is 5.81. The zero-order valence-electron chi connectivity index (χ0n) is 14.3. The number of esters is 1. The molecule has 0 saturated heterocycles. The summed E-state index contributed by atoms with van der Waals surface area (Å²) in [5.41, 5.74) is -0.521. The average molecular weight is 300 g/mol. The molecule has 0 spiro atoms. The minimum absolute atomic E-state index is 0.125. The van der Waals surface area contributed by atoms with Gasteiger partial charge in [0.05, 0.1) is 13.7 Å². The van der Waals surface area contributed by atoms with E-state index < -0.39 is 5.54 Å². The number of carbonyl (C=O) groups excluding carboxylic acids is 1. The van der Waals surface area contributed by atoms with E-state index in [1.54, 1.807) is 0 Å². The Kier molecular flexibility index (Phi) is 7.63. The van der Waals surface area contributed by atoms with E-state index in [0.29, 0.717) is 6.04 Å². The summed E-state index contributed by atoms with van der Waals surface area (Å²) in [6, 6.07) is 0.683. The molecule has 0 bridgehead atoms. The van der Waals surface area contributed by atoms with Crippen LogP contribution in [-0.2, 0) is 14.3 Å². The van der Waals surface area contributed by atoms with Crippen LogP contribution in [0.15, 0.2) is 0 Å². The van der Waals surface area contributed by atoms with Crippen molar-refractivity contribution in [2.45, 2.75) is 64.6 Å². The second-order valence-electron chi connectivity index (χ2n) is 6.09. The van der Waals surface area contributed by atoms with E-state index in [1.807, 2.05) is 6.92 Å². The first-order valence-corrected chi connectivity index (χ1v) is 8.17. The van der Waals surface area contributed by atoms with Gasteiger partial charge < -0.3 is 9.47 Å². The molecule has 21 heavy (non-hydrogen) atoms. The number of ether oxygens (including phenoxy) is 2. The molecule has 0 aromatic carbocycles. The number of hydrogen-bond donors (Lipinski definition) is 1. The quantitative estimate of drug-likeness (QED) is 0.520. The van der Waals surface area contributed by atoms with Gasteiger partial charge in [-0.05, 0) is 46.6 Å². The topological polar surface area (TPSA) is 50.8 Å². The van der Waals surface area contributed by atoms with Gasteiger partial charge >= 0.3 is 5.97 Å². The van der Waals surface area contributed by atoms with Gasteiger partial charge in [0, 0.05) is 25.2 Å². The van der Waals surface area contributed by atoms with Gasteiger partial charge in [-0.3, -0.25) is 15.0 Å². The van der Waals surface area contributed by atoms with Crippen LogP contribution < -0.4 is 5.32 Å². The maximum atomic E-state index is 12.3. The maximum absolute atomic E-state index is 12.3. The van der Waals surface area contributed by atoms with Crippen molar-refractivity contribution in [3.05, 3.63) is 0 Å². The summed E-state index contributed by atoms with van der Waals surface area (Å²) in [5.74, 6) is -0.125. The van der Waals surface area contributed by atoms with Crippen LogP contribution in [0, 0.1) is 0 Å². The van der Waals surface area contributed by atoms with Gasteiger partial charge in [-0.1, -0.05) is 6.92 Å². The van der Waals surface area contributed by atoms with Crippen LogP contribution in [0.5, 0.6) is 0 Å². The summed E-state index contributed by atoms with van der Waals surface area (Å²) in [6.45, 7) is 11.7. The van der Waals surface area contributed by atoms with E-state index in [1.165, 1.54) is 7.11 Å². The molecule has 5 heteroatoms. The molecule has 1 aliphatic rings. The van der Waals surface area contributed by atoms with Crippen LogP contribution >= 0.6 is 0 Å². The molecule has 0 aliphatic heterocycles. The third kappa shape index (κ3) is 4.94. The Morgan fingerprint density at radius 3 is 2.67 bits per heavy atom. The fourth-order valence-electron chi connectivity index (χ4n) is 3.38. The number of rotatable bonds is 9. The molecule has 0 aromatic heterocycles. The van der Waals surface area contributed by atoms with E-state index in [-0.39, 0.29) is 12.0 Å². The zero-order chi connectivity index (χ0) is 15.9. The minimum atomic E-state index is -0.521. The summed E-state index contributed by atoms with van der Waals surface area (Å²) in [5, 5.41) is 3.45. The molecule has 1 aliphatic carbocycles. The summed E-state index contributed by atoms with van der Waals surface area (Å²) in [4.78, 5) is 14.7. The smallest absolute Gasteiger partial charge is 0.326 e. The van der Waals surface area contributed by atoms with Crippen LogP contribution in [0.1, 0.15) is 47.0 Å². The lowest BCUT2D eigenvalue weighted by molar-refractivity contribution is -0.149. The largest absolute Gasteiger partial charge is 0.468 e. The van der Waals surface area contributed by atoms with Crippen molar-refractivity contribution in [2.75, 3.05) is 33.4 Å². The van der Waals surface area contributed by atoms with E-state index in [2.05, 4.69) is 31.0 Å². The number of nitrogens with one attached hydrogen (secondary N) is 1. The Balaban J connectivity index is 2.69. The number of hydrogen-bond acceptors (Lipinski definition) is 5. The third-order valence-electron chi connectivity index (χ3n) is 4.28. The van der Waals surface area contributed by atoms with Crippen molar-refractivity contribution in [3.8, 4) is 0 Å². The van der Waals surface area contributed by atoms with Crippen molar-refractivity contribution >= 4 is 5.97 Å². The Hall–Kier alpha value is -0.650. The van der Waals surface area contributed by atoms with E-state index in [4.69, 9.17) is 9.47 Å². The van der Waals surface area contributed by atoms with Crippen LogP contribution in [0.3, 0.4) is 0 Å². The van der Waals surface area contributed by atoms with Crippen LogP contribution in [-0.4, -0.2) is 61.9 Å². The lowest BCUT2D eigenvalue weighted by atomic mass is 9.96. The normalized spacial score (nSPS) is 25.8. The summed E-state index contributed by atoms with van der Waals surface area (Å²) < 4.78 is 10.5. The Labute approximate surface area is 129 Å². The van der Waals surface area contributed by atoms with Gasteiger partial charge in [-0.2, -0.15) is 0 Å². The first-order valence-electron chi connectivity index (χ1n) is 8.17. The number of carbonyl (C=O) groups is 1. The highest BCUT2D eigenvalue weighted by Crippen LogP contribution is 2.34. The van der Waals surface area contributed by atoms with Gasteiger partial charge in [0.25, 0.3) is 0 Å². The number of methoxy groups -OCH3 is 1. The number of nitrogens with zero attached hydrogens (tertiary/aromatic N) is 1. The molecule has 124 valence electrons. The maximum Gasteiger partial charge on any atom is 0.326 e. The molecule has 2 unspecified atom stereocenters. The van der Waals surface area contributed by atoms with E-state index in [9.17, 15) is 4.79 Å². The Morgan fingerprint density at radius 1 is 1.43 bits per heavy atom. The molecule has 2 atom stereocenters. The molecule has 0 radical (unpaired) electrons. The first kappa shape index (κ1) is 18.4. The number of likely N-dealkylation sites (N-methyl/N-ethyl adjacent to an activating group) is 1. The molecule has 5 nitrogen and oxygen atoms in total. The highest BCUT2D eigenvalue weighted by atomic mass is 16.5. The fraction of sp³-hybridized carbons (Fsp3) is 0.938. The lowest BCUT2D eigenvalue weighted by Gasteiger charge is -2.32. The summed E-state index contributed by atoms with van der Waals surface area (Å²) >= 11 is 0. The van der Waals surface area contributed by atoms with Crippen molar-refractivity contribution in [1.29, 1.82) is 0 Å². The molecule has 1 rings (SSSR count). The van der Waals surface area contributed by atoms with Gasteiger partial charge in [0.1, 0.15) is 5.54 Å². The predicted molar refractivity (Wildman–Crippen MR) is 84.4 cm³/mol. The van der Waals surface area contributed by atoms with Crippen molar-refractivity contribution in [1.82, 2.24) is 10.2 Å². The Morgan fingerprint density at radius 2 is 2.14 bits per heavy atom. The fourth-order valence-corrected chi connectivity index (χ4v) is 3.38. The standard InChI is InChI=1S/C16H32N2O3/c1-6-18(10-11-21-7-2)14-8-9-16(12-14,15(19)20-5)17-13(3)4/h13-14,17H,6-12H2,1-5H3. The van der Waals surface area contributed by atoms with Crippen molar-refractivity contribution in [2.24, 2.45) is 0 Å². The second kappa shape index (κ2) is 8.71. The zero-order valence-corrected chi connectivity index (χ0v) is 14.3. The third-order valence-corrected chi connectivity index (χ3v) is 4.28. The van der Waals surface area contributed by atoms with Crippen LogP contribution in [0.4, 0.5) is 0 Å². The Bertz CT molecular complexity index is 323. The van der Waals surface area contributed by atoms with Gasteiger partial charge in [-0.15, -0.1) is 0 Å². The van der Waals surface area contributed by atoms with Crippen molar-refractivity contribution < 1.29 is 14.3 Å². The summed E-state index contributed by atoms with van der Waals surface area (Å²) in [7, 11) is 1.48. The van der Waals surface area contributed by atoms with Crippen LogP contribution in [0.2, 0.25) is 0 Å². The molecule has 1 fully saturated rings. The highest BCUT2D eigenvalue weighted by Gasteiger charge is 2.47. The van der Waals surface area contributed by atoms with E-state index in [0.717, 1.165) is 45.6 Å². The SMILES string of the molecule is CCOCCN(CC)C1CCC(NC(C)C)(C(=O)OC)C1. The van der Waals surface area contributed by atoms with Gasteiger partial charge in [0.15, 0.2) is 0 Å². The average Bonchev–Trinajstić information content (AvgIpc) is 2.87.